The van der Waals surface area contributed by atoms with Crippen molar-refractivity contribution in [3.05, 3.63) is 40.7 Å². The molecule has 2 saturated heterocycles. The second-order valence-corrected chi connectivity index (χ2v) is 11.4. The summed E-state index contributed by atoms with van der Waals surface area (Å²) < 4.78 is 3.02. The molecule has 6 rings (SSSR count). The summed E-state index contributed by atoms with van der Waals surface area (Å²) >= 11 is 1.63. The molecule has 2 fully saturated rings. The van der Waals surface area contributed by atoms with E-state index >= 15 is 0 Å². The van der Waals surface area contributed by atoms with Crippen molar-refractivity contribution in [3.8, 4) is 11.3 Å². The van der Waals surface area contributed by atoms with Crippen molar-refractivity contribution in [2.24, 2.45) is 5.41 Å². The first kappa shape index (κ1) is 20.9. The second kappa shape index (κ2) is 7.40. The molecular weight excluding hydrogens is 432 g/mol. The second-order valence-electron chi connectivity index (χ2n) is 10.3. The number of fused-ring (bicyclic) bond motifs is 2. The van der Waals surface area contributed by atoms with Gasteiger partial charge in [0.1, 0.15) is 6.33 Å². The smallest absolute Gasteiger partial charge is 0.264 e. The lowest BCUT2D eigenvalue weighted by molar-refractivity contribution is -0.0189. The summed E-state index contributed by atoms with van der Waals surface area (Å²) in [7, 11) is 0. The minimum absolute atomic E-state index is 0.178. The van der Waals surface area contributed by atoms with Crippen LogP contribution in [0.5, 0.6) is 0 Å². The van der Waals surface area contributed by atoms with E-state index in [0.29, 0.717) is 17.4 Å². The van der Waals surface area contributed by atoms with E-state index in [9.17, 15) is 4.79 Å². The fourth-order valence-electron chi connectivity index (χ4n) is 5.87. The molecule has 1 spiro atoms. The van der Waals surface area contributed by atoms with Crippen LogP contribution in [0.3, 0.4) is 0 Å². The fourth-order valence-corrected chi connectivity index (χ4v) is 7.15. The lowest BCUT2D eigenvalue weighted by Gasteiger charge is -2.53. The molecule has 6 heterocycles. The Hall–Kier alpha value is -2.71. The van der Waals surface area contributed by atoms with Crippen molar-refractivity contribution in [1.82, 2.24) is 29.8 Å². The van der Waals surface area contributed by atoms with Crippen LogP contribution in [0, 0.1) is 12.3 Å². The fraction of sp³-hybridized carbons (Fsp3) is 0.480. The zero-order valence-electron chi connectivity index (χ0n) is 19.6. The summed E-state index contributed by atoms with van der Waals surface area (Å²) in [5.41, 5.74) is 6.80. The van der Waals surface area contributed by atoms with Gasteiger partial charge >= 0.3 is 0 Å². The van der Waals surface area contributed by atoms with E-state index in [1.165, 1.54) is 23.1 Å². The van der Waals surface area contributed by atoms with Crippen LogP contribution in [0.25, 0.3) is 27.1 Å². The Morgan fingerprint density at radius 3 is 2.88 bits per heavy atom. The molecule has 8 heteroatoms. The van der Waals surface area contributed by atoms with E-state index in [1.807, 2.05) is 15.6 Å². The number of aromatic amines is 1. The number of rotatable bonds is 3. The van der Waals surface area contributed by atoms with Gasteiger partial charge in [-0.25, -0.2) is 9.50 Å². The number of nitrogens with zero attached hydrogens (tertiary/aromatic N) is 4. The number of likely N-dealkylation sites (tertiary alicyclic amines) is 1. The average molecular weight is 463 g/mol. The number of carbonyl (C=O) groups excluding carboxylic acids is 1. The van der Waals surface area contributed by atoms with Crippen LogP contribution in [0.15, 0.2) is 24.7 Å². The van der Waals surface area contributed by atoms with Gasteiger partial charge in [0.25, 0.3) is 5.91 Å². The van der Waals surface area contributed by atoms with E-state index in [4.69, 9.17) is 0 Å². The first-order valence-electron chi connectivity index (χ1n) is 11.8. The third-order valence-corrected chi connectivity index (χ3v) is 8.53. The van der Waals surface area contributed by atoms with Crippen molar-refractivity contribution >= 4 is 33.1 Å². The predicted molar refractivity (Wildman–Crippen MR) is 132 cm³/mol. The topological polar surface area (TPSA) is 78.3 Å². The Morgan fingerprint density at radius 1 is 1.30 bits per heavy atom. The minimum atomic E-state index is 0.178. The molecule has 2 N–H and O–H groups in total. The highest BCUT2D eigenvalue weighted by Gasteiger charge is 2.47. The molecule has 4 aromatic rings. The maximum absolute atomic E-state index is 13.3. The maximum atomic E-state index is 13.3. The summed E-state index contributed by atoms with van der Waals surface area (Å²) in [4.78, 5) is 24.1. The molecule has 0 radical (unpaired) electrons. The molecule has 2 aliphatic rings. The normalized spacial score (nSPS) is 20.3. The molecule has 0 aromatic carbocycles. The number of hydrogen-bond donors (Lipinski definition) is 2. The zero-order chi connectivity index (χ0) is 22.9. The van der Waals surface area contributed by atoms with Gasteiger partial charge in [0, 0.05) is 36.3 Å². The Morgan fingerprint density at radius 2 is 2.12 bits per heavy atom. The molecule has 1 unspecified atom stereocenters. The number of pyridine rings is 1. The molecule has 0 aliphatic carbocycles. The minimum Gasteiger partial charge on any atom is -0.354 e. The molecule has 4 aromatic heterocycles. The van der Waals surface area contributed by atoms with Gasteiger partial charge in [-0.3, -0.25) is 4.79 Å². The number of amides is 1. The first-order valence-corrected chi connectivity index (χ1v) is 12.6. The van der Waals surface area contributed by atoms with Crippen LogP contribution in [-0.2, 0) is 0 Å². The van der Waals surface area contributed by atoms with Crippen molar-refractivity contribution < 1.29 is 4.79 Å². The van der Waals surface area contributed by atoms with Gasteiger partial charge in [0.15, 0.2) is 5.65 Å². The van der Waals surface area contributed by atoms with E-state index in [1.54, 1.807) is 17.7 Å². The van der Waals surface area contributed by atoms with Gasteiger partial charge in [-0.05, 0) is 62.4 Å². The standard InChI is InChI=1S/C25H30N6OS/c1-14(2)20-21(17-7-15(3)23-27-13-28-31(23)10-17)29-18-8-19(33-22(18)20)24(32)30-11-25(12-30)5-6-26-16(4)9-25/h7-8,10,13-14,16,26,29H,5-6,9,11-12H2,1-4H3. The maximum Gasteiger partial charge on any atom is 0.264 e. The predicted octanol–water partition coefficient (Wildman–Crippen LogP) is 4.59. The van der Waals surface area contributed by atoms with Crippen molar-refractivity contribution in [2.75, 3.05) is 19.6 Å². The number of H-pyrrole nitrogens is 1. The number of thiophene rings is 1. The molecule has 172 valence electrons. The monoisotopic (exact) mass is 462 g/mol. The van der Waals surface area contributed by atoms with Gasteiger partial charge < -0.3 is 15.2 Å². The Bertz CT molecular complexity index is 1370. The van der Waals surface area contributed by atoms with Gasteiger partial charge in [-0.1, -0.05) is 13.8 Å². The highest BCUT2D eigenvalue weighted by molar-refractivity contribution is 7.21. The van der Waals surface area contributed by atoms with Crippen LogP contribution in [0.1, 0.15) is 60.3 Å². The van der Waals surface area contributed by atoms with Crippen molar-refractivity contribution in [1.29, 1.82) is 0 Å². The SMILES string of the molecule is Cc1cc(-c2[nH]c3cc(C(=O)N4CC5(CCNC(C)C5)C4)sc3c2C(C)C)cn2ncnc12. The molecule has 7 nitrogen and oxygen atoms in total. The van der Waals surface area contributed by atoms with Crippen LogP contribution in [-0.4, -0.2) is 56.1 Å². The van der Waals surface area contributed by atoms with Gasteiger partial charge in [-0.2, -0.15) is 5.10 Å². The highest BCUT2D eigenvalue weighted by Crippen LogP contribution is 2.43. The van der Waals surface area contributed by atoms with Crippen LogP contribution in [0.4, 0.5) is 0 Å². The van der Waals surface area contributed by atoms with E-state index in [-0.39, 0.29) is 5.91 Å². The molecule has 0 bridgehead atoms. The van der Waals surface area contributed by atoms with Gasteiger partial charge in [0.05, 0.1) is 20.8 Å². The third-order valence-electron chi connectivity index (χ3n) is 7.37. The number of aryl methyl sites for hydroxylation is 1. The lowest BCUT2D eigenvalue weighted by Crippen LogP contribution is -2.62. The summed E-state index contributed by atoms with van der Waals surface area (Å²) in [6.45, 7) is 11.6. The Balaban J connectivity index is 1.32. The van der Waals surface area contributed by atoms with Gasteiger partial charge in [-0.15, -0.1) is 11.3 Å². The number of nitrogens with one attached hydrogen (secondary N) is 2. The van der Waals surface area contributed by atoms with Crippen molar-refractivity contribution in [2.45, 2.75) is 52.5 Å². The molecule has 1 atom stereocenters. The molecule has 0 saturated carbocycles. The largest absolute Gasteiger partial charge is 0.354 e. The van der Waals surface area contributed by atoms with Crippen LogP contribution >= 0.6 is 11.3 Å². The third kappa shape index (κ3) is 3.30. The first-order chi connectivity index (χ1) is 15.8. The zero-order valence-corrected chi connectivity index (χ0v) is 20.4. The highest BCUT2D eigenvalue weighted by atomic mass is 32.1. The Kier molecular flexibility index (Phi) is 4.68. The quantitative estimate of drug-likeness (QED) is 0.467. The van der Waals surface area contributed by atoms with E-state index in [2.05, 4.69) is 60.2 Å². The van der Waals surface area contributed by atoms with E-state index in [0.717, 1.165) is 52.5 Å². The van der Waals surface area contributed by atoms with Crippen molar-refractivity contribution in [3.63, 3.8) is 0 Å². The molecular formula is C25H30N6OS. The summed E-state index contributed by atoms with van der Waals surface area (Å²) in [5, 5.41) is 7.86. The number of piperidine rings is 1. The van der Waals surface area contributed by atoms with Crippen LogP contribution < -0.4 is 5.32 Å². The Labute approximate surface area is 197 Å². The summed E-state index contributed by atoms with van der Waals surface area (Å²) in [5.74, 6) is 0.503. The van der Waals surface area contributed by atoms with Gasteiger partial charge in [0.2, 0.25) is 0 Å². The number of aromatic nitrogens is 4. The number of hydrogen-bond acceptors (Lipinski definition) is 5. The molecule has 33 heavy (non-hydrogen) atoms. The average Bonchev–Trinajstić information content (AvgIpc) is 3.45. The number of carbonyl (C=O) groups is 1. The summed E-state index contributed by atoms with van der Waals surface area (Å²) in [6, 6.07) is 4.76. The van der Waals surface area contributed by atoms with Crippen LogP contribution in [0.2, 0.25) is 0 Å². The van der Waals surface area contributed by atoms with E-state index < -0.39 is 0 Å². The molecule has 1 amide bonds. The molecule has 2 aliphatic heterocycles. The summed E-state index contributed by atoms with van der Waals surface area (Å²) in [6.07, 6.45) is 5.95. The lowest BCUT2D eigenvalue weighted by atomic mass is 9.70.